The summed E-state index contributed by atoms with van der Waals surface area (Å²) in [5.74, 6) is 0.0776. The average molecular weight is 430 g/mol. The van der Waals surface area contributed by atoms with E-state index in [-0.39, 0.29) is 31.0 Å². The number of para-hydroxylation sites is 1. The van der Waals surface area contributed by atoms with Crippen LogP contribution in [0.3, 0.4) is 0 Å². The van der Waals surface area contributed by atoms with Crippen LogP contribution in [-0.4, -0.2) is 61.9 Å². The number of amides is 2. The van der Waals surface area contributed by atoms with Crippen LogP contribution in [0.4, 0.5) is 0 Å². The van der Waals surface area contributed by atoms with E-state index >= 15 is 0 Å². The van der Waals surface area contributed by atoms with Gasteiger partial charge in [-0.1, -0.05) is 48.0 Å². The highest BCUT2D eigenvalue weighted by Crippen LogP contribution is 2.38. The van der Waals surface area contributed by atoms with Gasteiger partial charge in [-0.15, -0.1) is 0 Å². The van der Waals surface area contributed by atoms with Gasteiger partial charge in [0.2, 0.25) is 5.91 Å². The van der Waals surface area contributed by atoms with Crippen molar-refractivity contribution in [2.45, 2.75) is 12.5 Å². The second-order valence-electron chi connectivity index (χ2n) is 6.91. The number of nitrogens with zero attached hydrogens (tertiary/aromatic N) is 3. The Bertz CT molecular complexity index is 963. The standard InChI is InChI=1S/C22H24ClN3O4/c1-25(22(28)14-29-2)13-21(27)26-19(16-9-5-7-11-20(16)30-3)12-18(24-26)15-8-4-6-10-17(15)23/h4-11,19H,12-14H2,1-3H3/t19-/m1/s1. The van der Waals surface area contributed by atoms with E-state index < -0.39 is 0 Å². The molecule has 1 heterocycles. The molecule has 0 radical (unpaired) electrons. The lowest BCUT2D eigenvalue weighted by Gasteiger charge is -2.25. The molecule has 0 aliphatic carbocycles. The number of likely N-dealkylation sites (N-methyl/N-ethyl adjacent to an activating group) is 1. The molecule has 2 aromatic rings. The minimum Gasteiger partial charge on any atom is -0.496 e. The van der Waals surface area contributed by atoms with Gasteiger partial charge in [-0.05, 0) is 12.1 Å². The normalized spacial score (nSPS) is 15.7. The lowest BCUT2D eigenvalue weighted by molar-refractivity contribution is -0.142. The van der Waals surface area contributed by atoms with Crippen molar-refractivity contribution in [3.63, 3.8) is 0 Å². The summed E-state index contributed by atoms with van der Waals surface area (Å²) in [4.78, 5) is 26.5. The fraction of sp³-hybridized carbons (Fsp3) is 0.318. The van der Waals surface area contributed by atoms with E-state index in [9.17, 15) is 9.59 Å². The Labute approximate surface area is 180 Å². The molecule has 0 fully saturated rings. The van der Waals surface area contributed by atoms with E-state index in [0.29, 0.717) is 22.9 Å². The zero-order valence-electron chi connectivity index (χ0n) is 17.2. The molecule has 158 valence electrons. The third-order valence-corrected chi connectivity index (χ3v) is 5.24. The Morgan fingerprint density at radius 1 is 1.17 bits per heavy atom. The van der Waals surface area contributed by atoms with Crippen LogP contribution >= 0.6 is 11.6 Å². The van der Waals surface area contributed by atoms with E-state index in [0.717, 1.165) is 11.1 Å². The average Bonchev–Trinajstić information content (AvgIpc) is 3.19. The molecule has 0 unspecified atom stereocenters. The van der Waals surface area contributed by atoms with Gasteiger partial charge in [0, 0.05) is 36.7 Å². The molecular formula is C22H24ClN3O4. The number of methoxy groups -OCH3 is 2. The lowest BCUT2D eigenvalue weighted by atomic mass is 9.97. The summed E-state index contributed by atoms with van der Waals surface area (Å²) in [5.41, 5.74) is 2.32. The van der Waals surface area contributed by atoms with E-state index in [1.165, 1.54) is 17.0 Å². The zero-order chi connectivity index (χ0) is 21.7. The molecular weight excluding hydrogens is 406 g/mol. The Kier molecular flexibility index (Phi) is 7.07. The predicted molar refractivity (Wildman–Crippen MR) is 115 cm³/mol. The summed E-state index contributed by atoms with van der Waals surface area (Å²) in [5, 5.41) is 6.59. The number of hydrogen-bond acceptors (Lipinski definition) is 5. The molecule has 0 N–H and O–H groups in total. The number of hydrogen-bond donors (Lipinski definition) is 0. The highest BCUT2D eigenvalue weighted by molar-refractivity contribution is 6.34. The number of carbonyl (C=O) groups excluding carboxylic acids is 2. The van der Waals surface area contributed by atoms with Gasteiger partial charge in [0.25, 0.3) is 5.91 Å². The van der Waals surface area contributed by atoms with Gasteiger partial charge < -0.3 is 14.4 Å². The van der Waals surface area contributed by atoms with Crippen molar-refractivity contribution in [1.82, 2.24) is 9.91 Å². The van der Waals surface area contributed by atoms with Gasteiger partial charge >= 0.3 is 0 Å². The summed E-state index contributed by atoms with van der Waals surface area (Å²) >= 11 is 6.37. The van der Waals surface area contributed by atoms with Crippen molar-refractivity contribution in [2.75, 3.05) is 34.4 Å². The van der Waals surface area contributed by atoms with Gasteiger partial charge in [-0.2, -0.15) is 5.10 Å². The van der Waals surface area contributed by atoms with E-state index in [1.807, 2.05) is 42.5 Å². The SMILES string of the molecule is COCC(=O)N(C)CC(=O)N1N=C(c2ccccc2Cl)C[C@@H]1c1ccccc1OC. The van der Waals surface area contributed by atoms with Crippen LogP contribution in [0.5, 0.6) is 5.75 Å². The molecule has 2 amide bonds. The minimum absolute atomic E-state index is 0.0894. The number of hydrazone groups is 1. The van der Waals surface area contributed by atoms with Crippen molar-refractivity contribution in [3.05, 3.63) is 64.7 Å². The molecule has 1 atom stereocenters. The molecule has 3 rings (SSSR count). The largest absolute Gasteiger partial charge is 0.496 e. The summed E-state index contributed by atoms with van der Waals surface area (Å²) in [6.07, 6.45) is 0.478. The molecule has 30 heavy (non-hydrogen) atoms. The molecule has 0 bridgehead atoms. The first-order valence-corrected chi connectivity index (χ1v) is 9.84. The van der Waals surface area contributed by atoms with Gasteiger partial charge in [0.05, 0.1) is 18.9 Å². The maximum Gasteiger partial charge on any atom is 0.262 e. The molecule has 0 aromatic heterocycles. The third kappa shape index (κ3) is 4.63. The number of benzene rings is 2. The van der Waals surface area contributed by atoms with E-state index in [1.54, 1.807) is 20.2 Å². The van der Waals surface area contributed by atoms with Crippen LogP contribution in [0, 0.1) is 0 Å². The zero-order valence-corrected chi connectivity index (χ0v) is 17.9. The molecule has 0 spiro atoms. The summed E-state index contributed by atoms with van der Waals surface area (Å²) in [6.45, 7) is -0.207. The summed E-state index contributed by atoms with van der Waals surface area (Å²) < 4.78 is 10.4. The first kappa shape index (κ1) is 21.8. The number of carbonyl (C=O) groups is 2. The van der Waals surface area contributed by atoms with Crippen LogP contribution in [0.15, 0.2) is 53.6 Å². The van der Waals surface area contributed by atoms with Gasteiger partial charge in [0.1, 0.15) is 18.9 Å². The first-order chi connectivity index (χ1) is 14.5. The maximum atomic E-state index is 13.1. The second kappa shape index (κ2) is 9.73. The smallest absolute Gasteiger partial charge is 0.262 e. The van der Waals surface area contributed by atoms with Crippen molar-refractivity contribution >= 4 is 29.1 Å². The highest BCUT2D eigenvalue weighted by atomic mass is 35.5. The Balaban J connectivity index is 1.94. The number of rotatable bonds is 7. The third-order valence-electron chi connectivity index (χ3n) is 4.91. The topological polar surface area (TPSA) is 71.4 Å². The molecule has 7 nitrogen and oxygen atoms in total. The van der Waals surface area contributed by atoms with Crippen LogP contribution < -0.4 is 4.74 Å². The lowest BCUT2D eigenvalue weighted by Crippen LogP contribution is -2.40. The van der Waals surface area contributed by atoms with Crippen molar-refractivity contribution in [3.8, 4) is 5.75 Å². The minimum atomic E-state index is -0.370. The van der Waals surface area contributed by atoms with Crippen molar-refractivity contribution in [2.24, 2.45) is 5.10 Å². The fourth-order valence-corrected chi connectivity index (χ4v) is 3.62. The predicted octanol–water partition coefficient (Wildman–Crippen LogP) is 3.13. The highest BCUT2D eigenvalue weighted by Gasteiger charge is 2.35. The quantitative estimate of drug-likeness (QED) is 0.678. The molecule has 0 saturated heterocycles. The van der Waals surface area contributed by atoms with Gasteiger partial charge in [0.15, 0.2) is 0 Å². The number of ether oxygens (including phenoxy) is 2. The summed E-state index contributed by atoms with van der Waals surface area (Å²) in [6, 6.07) is 14.5. The molecule has 8 heteroatoms. The Morgan fingerprint density at radius 2 is 1.87 bits per heavy atom. The summed E-state index contributed by atoms with van der Waals surface area (Å²) in [7, 11) is 4.59. The first-order valence-electron chi connectivity index (χ1n) is 9.46. The maximum absolute atomic E-state index is 13.1. The van der Waals surface area contributed by atoms with Crippen LogP contribution in [0.1, 0.15) is 23.6 Å². The molecule has 2 aromatic carbocycles. The Hall–Kier alpha value is -2.90. The van der Waals surface area contributed by atoms with E-state index in [4.69, 9.17) is 21.1 Å². The van der Waals surface area contributed by atoms with Crippen LogP contribution in [-0.2, 0) is 14.3 Å². The van der Waals surface area contributed by atoms with Crippen LogP contribution in [0.25, 0.3) is 0 Å². The number of halogens is 1. The molecule has 1 aliphatic rings. The van der Waals surface area contributed by atoms with Crippen LogP contribution in [0.2, 0.25) is 5.02 Å². The van der Waals surface area contributed by atoms with Gasteiger partial charge in [-0.3, -0.25) is 9.59 Å². The second-order valence-corrected chi connectivity index (χ2v) is 7.32. The van der Waals surface area contributed by atoms with Crippen molar-refractivity contribution in [1.29, 1.82) is 0 Å². The monoisotopic (exact) mass is 429 g/mol. The molecule has 1 aliphatic heterocycles. The van der Waals surface area contributed by atoms with E-state index in [2.05, 4.69) is 5.10 Å². The van der Waals surface area contributed by atoms with Crippen molar-refractivity contribution < 1.29 is 19.1 Å². The molecule has 0 saturated carbocycles. The van der Waals surface area contributed by atoms with Gasteiger partial charge in [-0.25, -0.2) is 5.01 Å². The Morgan fingerprint density at radius 3 is 2.57 bits per heavy atom. The fourth-order valence-electron chi connectivity index (χ4n) is 3.38.